The van der Waals surface area contributed by atoms with Gasteiger partial charge in [-0.1, -0.05) is 0 Å². The fourth-order valence-electron chi connectivity index (χ4n) is 1.46. The van der Waals surface area contributed by atoms with Crippen molar-refractivity contribution in [1.29, 1.82) is 0 Å². The average molecular weight is 222 g/mol. The van der Waals surface area contributed by atoms with E-state index in [0.29, 0.717) is 19.6 Å². The Hall–Kier alpha value is -0.610. The molecule has 0 aromatic heterocycles. The first-order valence-electron chi connectivity index (χ1n) is 4.53. The third-order valence-corrected chi connectivity index (χ3v) is 2.19. The number of piperidine rings is 1. The molecule has 1 aliphatic rings. The Morgan fingerprint density at radius 3 is 2.79 bits per heavy atom. The number of nitrogens with zero attached hydrogens (tertiary/aromatic N) is 1. The van der Waals surface area contributed by atoms with Gasteiger partial charge in [-0.3, -0.25) is 14.5 Å². The molecule has 0 radical (unpaired) electrons. The number of esters is 1. The molecule has 4 nitrogen and oxygen atoms in total. The van der Waals surface area contributed by atoms with E-state index in [1.54, 1.807) is 6.92 Å². The van der Waals surface area contributed by atoms with Crippen molar-refractivity contribution >= 4 is 24.2 Å². The lowest BCUT2D eigenvalue weighted by atomic mass is 9.96. The normalized spacial score (nSPS) is 22.7. The van der Waals surface area contributed by atoms with Crippen LogP contribution in [0.15, 0.2) is 0 Å². The van der Waals surface area contributed by atoms with E-state index in [2.05, 4.69) is 0 Å². The highest BCUT2D eigenvalue weighted by atomic mass is 35.5. The Morgan fingerprint density at radius 1 is 1.64 bits per heavy atom. The van der Waals surface area contributed by atoms with Crippen LogP contribution in [0, 0.1) is 5.92 Å². The summed E-state index contributed by atoms with van der Waals surface area (Å²) in [6, 6.07) is 0. The molecule has 1 saturated heterocycles. The monoisotopic (exact) mass is 221 g/mol. The summed E-state index contributed by atoms with van der Waals surface area (Å²) in [5, 5.41) is 0. The molecule has 0 amide bonds. The first-order valence-corrected chi connectivity index (χ1v) is 4.53. The van der Waals surface area contributed by atoms with Crippen molar-refractivity contribution in [3.05, 3.63) is 0 Å². The summed E-state index contributed by atoms with van der Waals surface area (Å²) in [6.45, 7) is 3.24. The van der Waals surface area contributed by atoms with E-state index in [-0.39, 0.29) is 24.2 Å². The molecule has 1 fully saturated rings. The van der Waals surface area contributed by atoms with Crippen molar-refractivity contribution < 1.29 is 14.3 Å². The van der Waals surface area contributed by atoms with Crippen LogP contribution < -0.4 is 0 Å². The van der Waals surface area contributed by atoms with Crippen LogP contribution in [0.1, 0.15) is 13.3 Å². The molecular formula is C9H16ClNO3. The molecule has 1 aliphatic heterocycles. The van der Waals surface area contributed by atoms with Gasteiger partial charge in [-0.15, -0.1) is 12.4 Å². The molecule has 0 aliphatic carbocycles. The lowest BCUT2D eigenvalue weighted by Crippen LogP contribution is -2.42. The number of carbonyl (C=O) groups is 2. The standard InChI is InChI=1S/C9H15NO3.ClH/c1-3-13-9(12)7-4-5-10(2)6-8(7)11;/h7H,3-6H2,1-2H3;1H. The number of ketones is 1. The molecule has 0 spiro atoms. The van der Waals surface area contributed by atoms with Gasteiger partial charge >= 0.3 is 5.97 Å². The predicted octanol–water partition coefficient (Wildman–Crippen LogP) is 0.492. The predicted molar refractivity (Wildman–Crippen MR) is 54.5 cm³/mol. The van der Waals surface area contributed by atoms with Crippen molar-refractivity contribution in [3.8, 4) is 0 Å². The van der Waals surface area contributed by atoms with Gasteiger partial charge in [0.15, 0.2) is 5.78 Å². The largest absolute Gasteiger partial charge is 0.465 e. The highest BCUT2D eigenvalue weighted by Gasteiger charge is 2.31. The maximum atomic E-state index is 11.4. The van der Waals surface area contributed by atoms with Crippen molar-refractivity contribution in [2.24, 2.45) is 5.92 Å². The van der Waals surface area contributed by atoms with Crippen molar-refractivity contribution in [1.82, 2.24) is 4.90 Å². The number of likely N-dealkylation sites (tertiary alicyclic amines) is 1. The van der Waals surface area contributed by atoms with Crippen LogP contribution in [-0.4, -0.2) is 43.4 Å². The Balaban J connectivity index is 0.00000169. The molecule has 14 heavy (non-hydrogen) atoms. The summed E-state index contributed by atoms with van der Waals surface area (Å²) in [4.78, 5) is 24.5. The van der Waals surface area contributed by atoms with Crippen molar-refractivity contribution in [2.75, 3.05) is 26.7 Å². The quantitative estimate of drug-likeness (QED) is 0.503. The van der Waals surface area contributed by atoms with Crippen LogP contribution in [0.2, 0.25) is 0 Å². The molecule has 5 heteroatoms. The fourth-order valence-corrected chi connectivity index (χ4v) is 1.46. The van der Waals surface area contributed by atoms with Crippen LogP contribution in [0.5, 0.6) is 0 Å². The average Bonchev–Trinajstić information content (AvgIpc) is 2.04. The zero-order valence-corrected chi connectivity index (χ0v) is 9.30. The van der Waals surface area contributed by atoms with Gasteiger partial charge in [-0.2, -0.15) is 0 Å². The number of likely N-dealkylation sites (N-methyl/N-ethyl adjacent to an activating group) is 1. The zero-order chi connectivity index (χ0) is 9.84. The van der Waals surface area contributed by atoms with Gasteiger partial charge in [-0.05, 0) is 26.9 Å². The van der Waals surface area contributed by atoms with E-state index in [9.17, 15) is 9.59 Å². The van der Waals surface area contributed by atoms with Crippen LogP contribution in [0.25, 0.3) is 0 Å². The van der Waals surface area contributed by atoms with Gasteiger partial charge in [0.1, 0.15) is 5.92 Å². The molecule has 0 aromatic carbocycles. The van der Waals surface area contributed by atoms with Crippen LogP contribution in [0.3, 0.4) is 0 Å². The molecule has 1 rings (SSSR count). The van der Waals surface area contributed by atoms with Gasteiger partial charge in [0.2, 0.25) is 0 Å². The number of rotatable bonds is 2. The lowest BCUT2D eigenvalue weighted by Gasteiger charge is -2.26. The minimum atomic E-state index is -0.517. The highest BCUT2D eigenvalue weighted by molar-refractivity contribution is 6.00. The summed E-state index contributed by atoms with van der Waals surface area (Å²) in [5.41, 5.74) is 0. The third kappa shape index (κ3) is 3.27. The minimum absolute atomic E-state index is 0. The maximum absolute atomic E-state index is 11.4. The molecule has 0 saturated carbocycles. The number of ether oxygens (including phenoxy) is 1. The lowest BCUT2D eigenvalue weighted by molar-refractivity contribution is -0.153. The topological polar surface area (TPSA) is 46.6 Å². The first kappa shape index (κ1) is 13.4. The highest BCUT2D eigenvalue weighted by Crippen LogP contribution is 2.14. The Kier molecular flexibility index (Phi) is 5.72. The molecule has 1 heterocycles. The van der Waals surface area contributed by atoms with E-state index in [1.165, 1.54) is 0 Å². The molecule has 1 unspecified atom stereocenters. The molecule has 0 N–H and O–H groups in total. The van der Waals surface area contributed by atoms with E-state index in [1.807, 2.05) is 11.9 Å². The van der Waals surface area contributed by atoms with Crippen LogP contribution in [0.4, 0.5) is 0 Å². The molecule has 1 atom stereocenters. The van der Waals surface area contributed by atoms with Gasteiger partial charge < -0.3 is 4.74 Å². The Labute approximate surface area is 90.0 Å². The smallest absolute Gasteiger partial charge is 0.316 e. The minimum Gasteiger partial charge on any atom is -0.465 e. The summed E-state index contributed by atoms with van der Waals surface area (Å²) >= 11 is 0. The number of hydrogen-bond donors (Lipinski definition) is 0. The third-order valence-electron chi connectivity index (χ3n) is 2.19. The number of halogens is 1. The first-order chi connectivity index (χ1) is 6.15. The SMILES string of the molecule is CCOC(=O)C1CCN(C)CC1=O.Cl. The number of hydrogen-bond acceptors (Lipinski definition) is 4. The molecule has 82 valence electrons. The summed E-state index contributed by atoms with van der Waals surface area (Å²) in [6.07, 6.45) is 0.591. The Bertz CT molecular complexity index is 212. The van der Waals surface area contributed by atoms with E-state index in [4.69, 9.17) is 4.74 Å². The van der Waals surface area contributed by atoms with Gasteiger partial charge in [-0.25, -0.2) is 0 Å². The summed E-state index contributed by atoms with van der Waals surface area (Å²) in [7, 11) is 1.87. The second-order valence-corrected chi connectivity index (χ2v) is 3.30. The van der Waals surface area contributed by atoms with Gasteiger partial charge in [0.05, 0.1) is 13.2 Å². The molecule has 0 aromatic rings. The zero-order valence-electron chi connectivity index (χ0n) is 8.49. The maximum Gasteiger partial charge on any atom is 0.316 e. The van der Waals surface area contributed by atoms with Crippen LogP contribution in [-0.2, 0) is 14.3 Å². The summed E-state index contributed by atoms with van der Waals surface area (Å²) < 4.78 is 4.81. The Morgan fingerprint density at radius 2 is 2.29 bits per heavy atom. The molecule has 0 bridgehead atoms. The van der Waals surface area contributed by atoms with Crippen LogP contribution >= 0.6 is 12.4 Å². The van der Waals surface area contributed by atoms with Crippen molar-refractivity contribution in [2.45, 2.75) is 13.3 Å². The number of carbonyl (C=O) groups excluding carboxylic acids is 2. The second-order valence-electron chi connectivity index (χ2n) is 3.30. The van der Waals surface area contributed by atoms with Gasteiger partial charge in [0.25, 0.3) is 0 Å². The van der Waals surface area contributed by atoms with Crippen molar-refractivity contribution in [3.63, 3.8) is 0 Å². The van der Waals surface area contributed by atoms with E-state index < -0.39 is 5.92 Å². The number of Topliss-reactive ketones (excluding diaryl/α,β-unsaturated/α-hetero) is 1. The second kappa shape index (κ2) is 5.98. The van der Waals surface area contributed by atoms with E-state index in [0.717, 1.165) is 6.54 Å². The summed E-state index contributed by atoms with van der Waals surface area (Å²) in [5.74, 6) is -0.899. The molecular weight excluding hydrogens is 206 g/mol. The fraction of sp³-hybridized carbons (Fsp3) is 0.778. The van der Waals surface area contributed by atoms with E-state index >= 15 is 0 Å². The van der Waals surface area contributed by atoms with Gasteiger partial charge in [0, 0.05) is 0 Å².